The molecule has 8 nitrogen and oxygen atoms in total. The SMILES string of the molecule is C[C@]1(C2CC2)NC(=O)N(C[NH+]2CC[NH+](Cc3ccc4c(c3)OCO4)CC2)C1=O. The van der Waals surface area contributed by atoms with E-state index in [0.29, 0.717) is 19.4 Å². The molecule has 5 rings (SSSR count). The molecular formula is C20H28N4O4+2. The van der Waals surface area contributed by atoms with Crippen molar-refractivity contribution in [2.45, 2.75) is 31.8 Å². The second-order valence-electron chi connectivity index (χ2n) is 8.66. The quantitative estimate of drug-likeness (QED) is 0.530. The molecule has 2 saturated heterocycles. The predicted molar refractivity (Wildman–Crippen MR) is 99.0 cm³/mol. The molecule has 4 aliphatic rings. The van der Waals surface area contributed by atoms with Crippen LogP contribution in [0.25, 0.3) is 0 Å². The van der Waals surface area contributed by atoms with Crippen LogP contribution in [0, 0.1) is 5.92 Å². The van der Waals surface area contributed by atoms with Gasteiger partial charge in [-0.05, 0) is 43.9 Å². The van der Waals surface area contributed by atoms with E-state index in [1.54, 1.807) is 0 Å². The Morgan fingerprint density at radius 3 is 2.57 bits per heavy atom. The van der Waals surface area contributed by atoms with Crippen LogP contribution >= 0.6 is 0 Å². The largest absolute Gasteiger partial charge is 0.454 e. The average molecular weight is 388 g/mol. The molecule has 3 heterocycles. The van der Waals surface area contributed by atoms with Crippen molar-refractivity contribution in [3.8, 4) is 11.5 Å². The molecule has 1 aromatic carbocycles. The van der Waals surface area contributed by atoms with Crippen LogP contribution in [0.3, 0.4) is 0 Å². The van der Waals surface area contributed by atoms with E-state index in [1.165, 1.54) is 20.3 Å². The van der Waals surface area contributed by atoms with E-state index in [-0.39, 0.29) is 11.9 Å². The monoisotopic (exact) mass is 388 g/mol. The molecule has 1 atom stereocenters. The van der Waals surface area contributed by atoms with Gasteiger partial charge in [-0.15, -0.1) is 0 Å². The normalized spacial score (nSPS) is 32.0. The second-order valence-corrected chi connectivity index (χ2v) is 8.66. The molecular weight excluding hydrogens is 360 g/mol. The highest BCUT2D eigenvalue weighted by Gasteiger charge is 2.56. The summed E-state index contributed by atoms with van der Waals surface area (Å²) in [6, 6.07) is 5.93. The van der Waals surface area contributed by atoms with E-state index < -0.39 is 5.54 Å². The smallest absolute Gasteiger partial charge is 0.329 e. The summed E-state index contributed by atoms with van der Waals surface area (Å²) in [5, 5.41) is 2.94. The van der Waals surface area contributed by atoms with Crippen molar-refractivity contribution in [3.05, 3.63) is 23.8 Å². The number of carbonyl (C=O) groups excluding carboxylic acids is 2. The zero-order valence-electron chi connectivity index (χ0n) is 16.3. The summed E-state index contributed by atoms with van der Waals surface area (Å²) in [6.07, 6.45) is 2.07. The maximum Gasteiger partial charge on any atom is 0.329 e. The number of quaternary nitrogens is 2. The number of imide groups is 1. The first kappa shape index (κ1) is 17.8. The van der Waals surface area contributed by atoms with Crippen LogP contribution in [-0.4, -0.2) is 62.0 Å². The number of amides is 3. The Morgan fingerprint density at radius 2 is 1.82 bits per heavy atom. The number of nitrogens with zero attached hydrogens (tertiary/aromatic N) is 1. The van der Waals surface area contributed by atoms with Crippen molar-refractivity contribution in [1.82, 2.24) is 10.2 Å². The van der Waals surface area contributed by atoms with Gasteiger partial charge in [0.1, 0.15) is 38.3 Å². The number of hydrogen-bond donors (Lipinski definition) is 3. The number of fused-ring (bicyclic) bond motifs is 1. The van der Waals surface area contributed by atoms with Gasteiger partial charge in [0.2, 0.25) is 6.79 Å². The van der Waals surface area contributed by atoms with Crippen LogP contribution in [0.5, 0.6) is 11.5 Å². The number of rotatable bonds is 5. The van der Waals surface area contributed by atoms with Crippen molar-refractivity contribution in [2.24, 2.45) is 5.92 Å². The molecule has 3 N–H and O–H groups in total. The Kier molecular flexibility index (Phi) is 4.21. The van der Waals surface area contributed by atoms with Crippen molar-refractivity contribution in [2.75, 3.05) is 39.6 Å². The molecule has 0 radical (unpaired) electrons. The lowest BCUT2D eigenvalue weighted by Crippen LogP contribution is -3.28. The minimum absolute atomic E-state index is 0.0392. The van der Waals surface area contributed by atoms with E-state index in [4.69, 9.17) is 9.47 Å². The molecule has 3 amide bonds. The fraction of sp³-hybridized carbons (Fsp3) is 0.600. The van der Waals surface area contributed by atoms with E-state index in [0.717, 1.165) is 57.1 Å². The van der Waals surface area contributed by atoms with Gasteiger partial charge in [-0.25, -0.2) is 9.69 Å². The average Bonchev–Trinajstić information content (AvgIpc) is 3.41. The molecule has 1 aromatic rings. The Morgan fingerprint density at radius 1 is 1.11 bits per heavy atom. The van der Waals surface area contributed by atoms with Crippen LogP contribution < -0.4 is 24.6 Å². The Balaban J connectivity index is 1.14. The van der Waals surface area contributed by atoms with Crippen LogP contribution in [0.4, 0.5) is 4.79 Å². The third kappa shape index (κ3) is 3.10. The first-order valence-electron chi connectivity index (χ1n) is 10.2. The lowest BCUT2D eigenvalue weighted by Gasteiger charge is -2.31. The molecule has 0 aromatic heterocycles. The third-order valence-corrected chi connectivity index (χ3v) is 6.63. The molecule has 3 fully saturated rings. The minimum Gasteiger partial charge on any atom is -0.454 e. The molecule has 3 aliphatic heterocycles. The van der Waals surface area contributed by atoms with Gasteiger partial charge in [0, 0.05) is 5.56 Å². The van der Waals surface area contributed by atoms with Gasteiger partial charge < -0.3 is 24.6 Å². The van der Waals surface area contributed by atoms with E-state index in [9.17, 15) is 9.59 Å². The number of ether oxygens (including phenoxy) is 2. The zero-order chi connectivity index (χ0) is 19.3. The summed E-state index contributed by atoms with van der Waals surface area (Å²) >= 11 is 0. The van der Waals surface area contributed by atoms with E-state index >= 15 is 0 Å². The van der Waals surface area contributed by atoms with E-state index in [1.807, 2.05) is 13.0 Å². The Bertz CT molecular complexity index is 803. The molecule has 0 bridgehead atoms. The van der Waals surface area contributed by atoms with Crippen molar-refractivity contribution < 1.29 is 28.9 Å². The van der Waals surface area contributed by atoms with Crippen molar-refractivity contribution in [3.63, 3.8) is 0 Å². The third-order valence-electron chi connectivity index (χ3n) is 6.63. The van der Waals surface area contributed by atoms with Crippen molar-refractivity contribution in [1.29, 1.82) is 0 Å². The number of piperazine rings is 1. The summed E-state index contributed by atoms with van der Waals surface area (Å²) in [5.74, 6) is 1.92. The lowest BCUT2D eigenvalue weighted by molar-refractivity contribution is -1.02. The summed E-state index contributed by atoms with van der Waals surface area (Å²) in [5.41, 5.74) is 0.570. The van der Waals surface area contributed by atoms with Gasteiger partial charge in [0.05, 0.1) is 0 Å². The number of carbonyl (C=O) groups is 2. The molecule has 0 spiro atoms. The summed E-state index contributed by atoms with van der Waals surface area (Å²) in [7, 11) is 0. The molecule has 8 heteroatoms. The van der Waals surface area contributed by atoms with Gasteiger partial charge in [0.25, 0.3) is 5.91 Å². The molecule has 28 heavy (non-hydrogen) atoms. The standard InChI is InChI=1S/C20H26N4O4/c1-20(15-3-4-15)18(25)24(19(26)21-20)12-23-8-6-22(7-9-23)11-14-2-5-16-17(10-14)28-13-27-16/h2,5,10,15H,3-4,6-9,11-13H2,1H3,(H,21,26)/p+2/t20-/m1/s1. The van der Waals surface area contributed by atoms with Gasteiger partial charge >= 0.3 is 6.03 Å². The summed E-state index contributed by atoms with van der Waals surface area (Å²) in [6.45, 7) is 7.57. The zero-order valence-corrected chi connectivity index (χ0v) is 16.3. The number of nitrogens with one attached hydrogen (secondary N) is 3. The lowest BCUT2D eigenvalue weighted by atomic mass is 9.96. The maximum atomic E-state index is 12.8. The maximum absolute atomic E-state index is 12.8. The topological polar surface area (TPSA) is 76.8 Å². The van der Waals surface area contributed by atoms with Crippen LogP contribution in [0.1, 0.15) is 25.3 Å². The van der Waals surface area contributed by atoms with Gasteiger partial charge in [0.15, 0.2) is 18.2 Å². The first-order valence-corrected chi connectivity index (χ1v) is 10.2. The van der Waals surface area contributed by atoms with Crippen LogP contribution in [0.2, 0.25) is 0 Å². The van der Waals surface area contributed by atoms with Gasteiger partial charge in [-0.2, -0.15) is 0 Å². The minimum atomic E-state index is -0.678. The summed E-state index contributed by atoms with van der Waals surface area (Å²) < 4.78 is 10.8. The van der Waals surface area contributed by atoms with Crippen molar-refractivity contribution >= 4 is 11.9 Å². The molecule has 0 unspecified atom stereocenters. The molecule has 1 aliphatic carbocycles. The van der Waals surface area contributed by atoms with E-state index in [2.05, 4.69) is 17.4 Å². The number of hydrogen-bond acceptors (Lipinski definition) is 4. The van der Waals surface area contributed by atoms with Gasteiger partial charge in [-0.3, -0.25) is 4.79 Å². The van der Waals surface area contributed by atoms with Crippen LogP contribution in [-0.2, 0) is 11.3 Å². The molecule has 150 valence electrons. The second kappa shape index (κ2) is 6.63. The Labute approximate surface area is 164 Å². The predicted octanol–water partition coefficient (Wildman–Crippen LogP) is -1.62. The number of urea groups is 1. The summed E-state index contributed by atoms with van der Waals surface area (Å²) in [4.78, 5) is 29.4. The highest BCUT2D eigenvalue weighted by atomic mass is 16.7. The van der Waals surface area contributed by atoms with Crippen LogP contribution in [0.15, 0.2) is 18.2 Å². The number of benzene rings is 1. The highest BCUT2D eigenvalue weighted by Crippen LogP contribution is 2.42. The first-order chi connectivity index (χ1) is 13.5. The fourth-order valence-electron chi connectivity index (χ4n) is 4.65. The Hall–Kier alpha value is -2.32. The highest BCUT2D eigenvalue weighted by molar-refractivity contribution is 6.07. The fourth-order valence-corrected chi connectivity index (χ4v) is 4.65. The molecule has 1 saturated carbocycles. The van der Waals surface area contributed by atoms with Gasteiger partial charge in [-0.1, -0.05) is 0 Å².